The molecular weight excluding hydrogens is 264 g/mol. The van der Waals surface area contributed by atoms with Crippen LogP contribution in [0, 0.1) is 0 Å². The Balaban J connectivity index is 1.70. The van der Waals surface area contributed by atoms with Crippen LogP contribution in [0.3, 0.4) is 0 Å². The first-order valence-corrected chi connectivity index (χ1v) is 7.33. The van der Waals surface area contributed by atoms with Crippen LogP contribution in [0.4, 0.5) is 11.4 Å². The number of nitrogens with zero attached hydrogens (tertiary/aromatic N) is 1. The molecule has 4 nitrogen and oxygen atoms in total. The molecule has 3 rings (SSSR count). The van der Waals surface area contributed by atoms with Gasteiger partial charge in [-0.2, -0.15) is 0 Å². The predicted molar refractivity (Wildman–Crippen MR) is 85.0 cm³/mol. The first-order chi connectivity index (χ1) is 10.2. The van der Waals surface area contributed by atoms with Crippen molar-refractivity contribution < 1.29 is 10.2 Å². The summed E-state index contributed by atoms with van der Waals surface area (Å²) in [4.78, 5) is 2.39. The maximum Gasteiger partial charge on any atom is 0.162 e. The van der Waals surface area contributed by atoms with Gasteiger partial charge in [0.05, 0.1) is 0 Å². The molecule has 1 heterocycles. The Labute approximate surface area is 124 Å². The van der Waals surface area contributed by atoms with Crippen LogP contribution >= 0.6 is 0 Å². The summed E-state index contributed by atoms with van der Waals surface area (Å²) in [5.41, 5.74) is 2.93. The van der Waals surface area contributed by atoms with E-state index in [2.05, 4.69) is 22.3 Å². The smallest absolute Gasteiger partial charge is 0.162 e. The molecule has 0 aromatic heterocycles. The van der Waals surface area contributed by atoms with Crippen molar-refractivity contribution in [2.24, 2.45) is 0 Å². The van der Waals surface area contributed by atoms with E-state index < -0.39 is 0 Å². The molecule has 0 saturated carbocycles. The highest BCUT2D eigenvalue weighted by molar-refractivity contribution is 5.59. The second kappa shape index (κ2) is 5.95. The molecule has 0 unspecified atom stereocenters. The van der Waals surface area contributed by atoms with Crippen molar-refractivity contribution in [1.82, 2.24) is 0 Å². The Morgan fingerprint density at radius 2 is 1.76 bits per heavy atom. The average Bonchev–Trinajstić information content (AvgIpc) is 3.03. The lowest BCUT2D eigenvalue weighted by molar-refractivity contribution is 0.400. The minimum absolute atomic E-state index is 0.0549. The van der Waals surface area contributed by atoms with Gasteiger partial charge in [-0.25, -0.2) is 0 Å². The van der Waals surface area contributed by atoms with Gasteiger partial charge in [-0.3, -0.25) is 0 Å². The second-order valence-electron chi connectivity index (χ2n) is 5.38. The van der Waals surface area contributed by atoms with Crippen molar-refractivity contribution in [1.29, 1.82) is 0 Å². The highest BCUT2D eigenvalue weighted by Crippen LogP contribution is 2.29. The number of aromatic hydroxyl groups is 2. The van der Waals surface area contributed by atoms with Crippen LogP contribution in [-0.4, -0.2) is 23.3 Å². The van der Waals surface area contributed by atoms with Crippen molar-refractivity contribution >= 4 is 11.4 Å². The number of phenols is 2. The molecule has 0 spiro atoms. The summed E-state index contributed by atoms with van der Waals surface area (Å²) in [7, 11) is 0. The second-order valence-corrected chi connectivity index (χ2v) is 5.38. The van der Waals surface area contributed by atoms with E-state index in [0.717, 1.165) is 18.8 Å². The monoisotopic (exact) mass is 284 g/mol. The van der Waals surface area contributed by atoms with E-state index >= 15 is 0 Å². The molecular formula is C17H20N2O2. The van der Waals surface area contributed by atoms with Crippen LogP contribution < -0.4 is 10.2 Å². The summed E-state index contributed by atoms with van der Waals surface area (Å²) in [6.45, 7) is 2.72. The highest BCUT2D eigenvalue weighted by Gasteiger charge is 2.12. The maximum atomic E-state index is 9.80. The van der Waals surface area contributed by atoms with Crippen molar-refractivity contribution in [2.45, 2.75) is 19.4 Å². The fourth-order valence-electron chi connectivity index (χ4n) is 2.71. The molecule has 3 N–H and O–H groups in total. The standard InChI is InChI=1S/C17H20N2O2/c20-16-8-3-5-13(17(16)21)12-18-14-6-4-7-15(11-14)19-9-1-2-10-19/h3-8,11,18,20-21H,1-2,9-10,12H2. The number of benzene rings is 2. The lowest BCUT2D eigenvalue weighted by Crippen LogP contribution is -2.17. The normalized spacial score (nSPS) is 14.4. The van der Waals surface area contributed by atoms with Crippen molar-refractivity contribution in [3.05, 3.63) is 48.0 Å². The predicted octanol–water partition coefficient (Wildman–Crippen LogP) is 3.31. The number of hydrogen-bond acceptors (Lipinski definition) is 4. The molecule has 0 atom stereocenters. The van der Waals surface area contributed by atoms with Crippen LogP contribution in [0.1, 0.15) is 18.4 Å². The SMILES string of the molecule is Oc1cccc(CNc2cccc(N3CCCC3)c2)c1O. The lowest BCUT2D eigenvalue weighted by Gasteiger charge is -2.18. The van der Waals surface area contributed by atoms with Gasteiger partial charge in [0.25, 0.3) is 0 Å². The number of hydrogen-bond donors (Lipinski definition) is 3. The molecule has 1 saturated heterocycles. The Kier molecular flexibility index (Phi) is 3.86. The summed E-state index contributed by atoms with van der Waals surface area (Å²) >= 11 is 0. The summed E-state index contributed by atoms with van der Waals surface area (Å²) in [5.74, 6) is -0.138. The van der Waals surface area contributed by atoms with Crippen LogP contribution in [0.2, 0.25) is 0 Å². The Bertz CT molecular complexity index is 622. The highest BCUT2D eigenvalue weighted by atomic mass is 16.3. The van der Waals surface area contributed by atoms with Gasteiger partial charge in [0.2, 0.25) is 0 Å². The molecule has 4 heteroatoms. The minimum atomic E-state index is -0.0832. The van der Waals surface area contributed by atoms with Gasteiger partial charge >= 0.3 is 0 Å². The first-order valence-electron chi connectivity index (χ1n) is 7.33. The van der Waals surface area contributed by atoms with Crippen LogP contribution in [-0.2, 0) is 6.54 Å². The largest absolute Gasteiger partial charge is 0.504 e. The van der Waals surface area contributed by atoms with Crippen LogP contribution in [0.15, 0.2) is 42.5 Å². The van der Waals surface area contributed by atoms with Crippen molar-refractivity contribution in [2.75, 3.05) is 23.3 Å². The fraction of sp³-hybridized carbons (Fsp3) is 0.294. The summed E-state index contributed by atoms with van der Waals surface area (Å²) in [5, 5.41) is 22.6. The molecule has 1 aliphatic heterocycles. The zero-order valence-electron chi connectivity index (χ0n) is 11.9. The summed E-state index contributed by atoms with van der Waals surface area (Å²) < 4.78 is 0. The summed E-state index contributed by atoms with van der Waals surface area (Å²) in [6.07, 6.45) is 2.52. The van der Waals surface area contributed by atoms with Crippen LogP contribution in [0.25, 0.3) is 0 Å². The maximum absolute atomic E-state index is 9.80. The van der Waals surface area contributed by atoms with Crippen molar-refractivity contribution in [3.63, 3.8) is 0 Å². The molecule has 0 aliphatic carbocycles. The zero-order chi connectivity index (χ0) is 14.7. The van der Waals surface area contributed by atoms with Gasteiger partial charge in [-0.05, 0) is 37.1 Å². The third kappa shape index (κ3) is 3.05. The molecule has 21 heavy (non-hydrogen) atoms. The van der Waals surface area contributed by atoms with Gasteiger partial charge in [0.15, 0.2) is 11.5 Å². The van der Waals surface area contributed by atoms with Gasteiger partial charge in [-0.1, -0.05) is 18.2 Å². The Morgan fingerprint density at radius 3 is 2.57 bits per heavy atom. The van der Waals surface area contributed by atoms with Gasteiger partial charge in [-0.15, -0.1) is 0 Å². The quantitative estimate of drug-likeness (QED) is 0.754. The number of rotatable bonds is 4. The summed E-state index contributed by atoms with van der Waals surface area (Å²) in [6, 6.07) is 13.3. The van der Waals surface area contributed by atoms with Gasteiger partial charge in [0.1, 0.15) is 0 Å². The minimum Gasteiger partial charge on any atom is -0.504 e. The average molecular weight is 284 g/mol. The zero-order valence-corrected chi connectivity index (χ0v) is 11.9. The Hall–Kier alpha value is -2.36. The number of phenolic OH excluding ortho intramolecular Hbond substituents is 2. The van der Waals surface area contributed by atoms with Crippen LogP contribution in [0.5, 0.6) is 11.5 Å². The molecule has 2 aromatic rings. The molecule has 1 fully saturated rings. The first kappa shape index (κ1) is 13.6. The molecule has 0 radical (unpaired) electrons. The van der Waals surface area contributed by atoms with Gasteiger partial charge in [0, 0.05) is 36.6 Å². The van der Waals surface area contributed by atoms with Crippen molar-refractivity contribution in [3.8, 4) is 11.5 Å². The third-order valence-electron chi connectivity index (χ3n) is 3.90. The lowest BCUT2D eigenvalue weighted by atomic mass is 10.1. The third-order valence-corrected chi connectivity index (χ3v) is 3.90. The van der Waals surface area contributed by atoms with E-state index in [9.17, 15) is 10.2 Å². The van der Waals surface area contributed by atoms with E-state index in [-0.39, 0.29) is 11.5 Å². The van der Waals surface area contributed by atoms with E-state index in [1.165, 1.54) is 24.6 Å². The van der Waals surface area contributed by atoms with Gasteiger partial charge < -0.3 is 20.4 Å². The number of nitrogens with one attached hydrogen (secondary N) is 1. The molecule has 2 aromatic carbocycles. The molecule has 0 amide bonds. The topological polar surface area (TPSA) is 55.7 Å². The number of para-hydroxylation sites is 1. The van der Waals surface area contributed by atoms with E-state index in [0.29, 0.717) is 12.1 Å². The molecule has 0 bridgehead atoms. The van der Waals surface area contributed by atoms with E-state index in [1.807, 2.05) is 12.1 Å². The van der Waals surface area contributed by atoms with E-state index in [4.69, 9.17) is 0 Å². The fourth-order valence-corrected chi connectivity index (χ4v) is 2.71. The number of anilines is 2. The molecule has 110 valence electrons. The molecule has 1 aliphatic rings. The van der Waals surface area contributed by atoms with E-state index in [1.54, 1.807) is 12.1 Å². The Morgan fingerprint density at radius 1 is 1.00 bits per heavy atom.